The number of nitrogen functional groups attached to an aromatic ring is 1. The number of hydrogen-bond acceptors (Lipinski definition) is 2. The van der Waals surface area contributed by atoms with Crippen molar-refractivity contribution in [2.45, 2.75) is 0 Å². The second-order valence-corrected chi connectivity index (χ2v) is 4.82. The number of pyridine rings is 1. The molecule has 3 rings (SSSR count). The van der Waals surface area contributed by atoms with Crippen molar-refractivity contribution in [3.05, 3.63) is 52.8 Å². The summed E-state index contributed by atoms with van der Waals surface area (Å²) in [5.74, 6) is 0. The van der Waals surface area contributed by atoms with E-state index in [4.69, 9.17) is 28.9 Å². The zero-order chi connectivity index (χ0) is 12.7. The normalized spacial score (nSPS) is 11.0. The molecule has 0 aliphatic heterocycles. The molecule has 0 fully saturated rings. The number of halogens is 2. The van der Waals surface area contributed by atoms with Crippen LogP contribution >= 0.6 is 23.2 Å². The van der Waals surface area contributed by atoms with Gasteiger partial charge in [-0.15, -0.1) is 0 Å². The van der Waals surface area contributed by atoms with Crippen LogP contribution in [-0.2, 0) is 0 Å². The SMILES string of the molecule is Nc1ccc2nc(-c3ccc(Cl)cc3Cl)cn2c1. The Kier molecular flexibility index (Phi) is 2.65. The van der Waals surface area contributed by atoms with E-state index in [1.54, 1.807) is 12.1 Å². The largest absolute Gasteiger partial charge is 0.398 e. The third-order valence-electron chi connectivity index (χ3n) is 2.68. The lowest BCUT2D eigenvalue weighted by molar-refractivity contribution is 1.19. The minimum atomic E-state index is 0.582. The van der Waals surface area contributed by atoms with Gasteiger partial charge in [-0.25, -0.2) is 4.98 Å². The van der Waals surface area contributed by atoms with Gasteiger partial charge in [-0.3, -0.25) is 0 Å². The van der Waals surface area contributed by atoms with Crippen molar-refractivity contribution in [2.75, 3.05) is 5.73 Å². The number of nitrogens with zero attached hydrogens (tertiary/aromatic N) is 2. The summed E-state index contributed by atoms with van der Waals surface area (Å²) in [6, 6.07) is 9.03. The van der Waals surface area contributed by atoms with E-state index in [2.05, 4.69) is 4.98 Å². The predicted octanol–water partition coefficient (Wildman–Crippen LogP) is 3.89. The number of anilines is 1. The van der Waals surface area contributed by atoms with E-state index in [0.717, 1.165) is 16.9 Å². The third kappa shape index (κ3) is 1.92. The van der Waals surface area contributed by atoms with Crippen LogP contribution in [-0.4, -0.2) is 9.38 Å². The molecule has 2 aromatic heterocycles. The molecule has 0 radical (unpaired) electrons. The van der Waals surface area contributed by atoms with Gasteiger partial charge in [0.25, 0.3) is 0 Å². The zero-order valence-electron chi connectivity index (χ0n) is 9.27. The summed E-state index contributed by atoms with van der Waals surface area (Å²) >= 11 is 12.0. The summed E-state index contributed by atoms with van der Waals surface area (Å²) in [6.07, 6.45) is 3.70. The van der Waals surface area contributed by atoms with Gasteiger partial charge in [0.2, 0.25) is 0 Å². The molecule has 3 aromatic rings. The van der Waals surface area contributed by atoms with E-state index in [1.807, 2.05) is 35.0 Å². The van der Waals surface area contributed by atoms with Crippen molar-refractivity contribution in [1.82, 2.24) is 9.38 Å². The number of nitrogens with two attached hydrogens (primary N) is 1. The maximum Gasteiger partial charge on any atom is 0.137 e. The quantitative estimate of drug-likeness (QED) is 0.733. The van der Waals surface area contributed by atoms with Gasteiger partial charge in [-0.05, 0) is 30.3 Å². The van der Waals surface area contributed by atoms with Crippen molar-refractivity contribution < 1.29 is 0 Å². The smallest absolute Gasteiger partial charge is 0.137 e. The van der Waals surface area contributed by atoms with Gasteiger partial charge in [-0.1, -0.05) is 23.2 Å². The van der Waals surface area contributed by atoms with Crippen LogP contribution < -0.4 is 5.73 Å². The van der Waals surface area contributed by atoms with E-state index in [9.17, 15) is 0 Å². The molecule has 0 atom stereocenters. The molecule has 0 spiro atoms. The predicted molar refractivity (Wildman–Crippen MR) is 75.1 cm³/mol. The van der Waals surface area contributed by atoms with Crippen molar-refractivity contribution in [1.29, 1.82) is 0 Å². The Morgan fingerprint density at radius 3 is 2.67 bits per heavy atom. The van der Waals surface area contributed by atoms with Gasteiger partial charge in [0, 0.05) is 28.7 Å². The van der Waals surface area contributed by atoms with Crippen LogP contribution in [0.4, 0.5) is 5.69 Å². The molecular formula is C13H9Cl2N3. The fourth-order valence-corrected chi connectivity index (χ4v) is 2.34. The van der Waals surface area contributed by atoms with Crippen LogP contribution in [0, 0.1) is 0 Å². The first-order valence-electron chi connectivity index (χ1n) is 5.33. The third-order valence-corrected chi connectivity index (χ3v) is 3.23. The van der Waals surface area contributed by atoms with E-state index in [-0.39, 0.29) is 0 Å². The number of imidazole rings is 1. The molecule has 0 amide bonds. The van der Waals surface area contributed by atoms with Gasteiger partial charge >= 0.3 is 0 Å². The summed E-state index contributed by atoms with van der Waals surface area (Å²) in [7, 11) is 0. The molecule has 0 saturated carbocycles. The van der Waals surface area contributed by atoms with Crippen LogP contribution in [0.25, 0.3) is 16.9 Å². The lowest BCUT2D eigenvalue weighted by Crippen LogP contribution is -1.88. The highest BCUT2D eigenvalue weighted by atomic mass is 35.5. The van der Waals surface area contributed by atoms with Gasteiger partial charge in [0.05, 0.1) is 10.7 Å². The highest BCUT2D eigenvalue weighted by Crippen LogP contribution is 2.29. The number of rotatable bonds is 1. The standard InChI is InChI=1S/C13H9Cl2N3/c14-8-1-3-10(11(15)5-8)12-7-18-6-9(16)2-4-13(18)17-12/h1-7H,16H2. The molecule has 3 nitrogen and oxygen atoms in total. The maximum absolute atomic E-state index is 6.16. The lowest BCUT2D eigenvalue weighted by atomic mass is 10.2. The Morgan fingerprint density at radius 1 is 1.06 bits per heavy atom. The molecular weight excluding hydrogens is 269 g/mol. The Bertz CT molecular complexity index is 734. The lowest BCUT2D eigenvalue weighted by Gasteiger charge is -2.00. The fraction of sp³-hybridized carbons (Fsp3) is 0. The molecule has 18 heavy (non-hydrogen) atoms. The molecule has 2 heterocycles. The van der Waals surface area contributed by atoms with Crippen LogP contribution in [0.2, 0.25) is 10.0 Å². The van der Waals surface area contributed by atoms with E-state index in [1.165, 1.54) is 0 Å². The van der Waals surface area contributed by atoms with Crippen LogP contribution in [0.5, 0.6) is 0 Å². The minimum Gasteiger partial charge on any atom is -0.398 e. The number of hydrogen-bond donors (Lipinski definition) is 1. The summed E-state index contributed by atoms with van der Waals surface area (Å²) in [5, 5.41) is 1.19. The topological polar surface area (TPSA) is 43.3 Å². The monoisotopic (exact) mass is 277 g/mol. The van der Waals surface area contributed by atoms with Crippen molar-refractivity contribution in [3.63, 3.8) is 0 Å². The zero-order valence-corrected chi connectivity index (χ0v) is 10.8. The molecule has 0 aliphatic rings. The first kappa shape index (κ1) is 11.4. The van der Waals surface area contributed by atoms with E-state index < -0.39 is 0 Å². The van der Waals surface area contributed by atoms with Gasteiger partial charge in [0.15, 0.2) is 0 Å². The Balaban J connectivity index is 2.19. The second-order valence-electron chi connectivity index (χ2n) is 3.98. The van der Waals surface area contributed by atoms with Crippen molar-refractivity contribution in [3.8, 4) is 11.3 Å². The molecule has 0 saturated heterocycles. The molecule has 1 aromatic carbocycles. The maximum atomic E-state index is 6.16. The molecule has 2 N–H and O–H groups in total. The van der Waals surface area contributed by atoms with Crippen LogP contribution in [0.3, 0.4) is 0 Å². The highest BCUT2D eigenvalue weighted by molar-refractivity contribution is 6.36. The second kappa shape index (κ2) is 4.19. The van der Waals surface area contributed by atoms with Gasteiger partial charge in [-0.2, -0.15) is 0 Å². The van der Waals surface area contributed by atoms with Crippen molar-refractivity contribution in [2.24, 2.45) is 0 Å². The first-order valence-corrected chi connectivity index (χ1v) is 6.09. The molecule has 5 heteroatoms. The van der Waals surface area contributed by atoms with Crippen LogP contribution in [0.15, 0.2) is 42.7 Å². The van der Waals surface area contributed by atoms with E-state index in [0.29, 0.717) is 15.7 Å². The fourth-order valence-electron chi connectivity index (χ4n) is 1.84. The van der Waals surface area contributed by atoms with E-state index >= 15 is 0 Å². The number of aromatic nitrogens is 2. The first-order chi connectivity index (χ1) is 8.63. The Labute approximate surface area is 114 Å². The Hall–Kier alpha value is -1.71. The average molecular weight is 278 g/mol. The van der Waals surface area contributed by atoms with Crippen LogP contribution in [0.1, 0.15) is 0 Å². The summed E-state index contributed by atoms with van der Waals surface area (Å²) < 4.78 is 1.87. The number of benzene rings is 1. The molecule has 90 valence electrons. The molecule has 0 unspecified atom stereocenters. The summed E-state index contributed by atoms with van der Waals surface area (Å²) in [6.45, 7) is 0. The van der Waals surface area contributed by atoms with Gasteiger partial charge in [0.1, 0.15) is 5.65 Å². The summed E-state index contributed by atoms with van der Waals surface area (Å²) in [4.78, 5) is 4.49. The van der Waals surface area contributed by atoms with Crippen molar-refractivity contribution >= 4 is 34.5 Å². The summed E-state index contributed by atoms with van der Waals surface area (Å²) in [5.41, 5.74) is 8.89. The Morgan fingerprint density at radius 2 is 1.89 bits per heavy atom. The number of fused-ring (bicyclic) bond motifs is 1. The van der Waals surface area contributed by atoms with Gasteiger partial charge < -0.3 is 10.1 Å². The minimum absolute atomic E-state index is 0.582. The average Bonchev–Trinajstić information content (AvgIpc) is 2.71. The highest BCUT2D eigenvalue weighted by Gasteiger charge is 2.08. The molecule has 0 aliphatic carbocycles. The molecule has 0 bridgehead atoms.